The van der Waals surface area contributed by atoms with Crippen LogP contribution in [0.25, 0.3) is 0 Å². The minimum atomic E-state index is -0.952. The average Bonchev–Trinajstić information content (AvgIpc) is 2.71. The number of nitrogens with one attached hydrogen (secondary N) is 1. The van der Waals surface area contributed by atoms with Crippen LogP contribution in [0.5, 0.6) is 0 Å². The first-order valence-corrected chi connectivity index (χ1v) is 9.81. The number of hydrogen-bond donors (Lipinski definition) is 2. The summed E-state index contributed by atoms with van der Waals surface area (Å²) in [5.74, 6) is -2.11. The molecule has 0 aliphatic heterocycles. The third-order valence-electron chi connectivity index (χ3n) is 4.87. The van der Waals surface area contributed by atoms with Gasteiger partial charge in [0.25, 0.3) is 11.8 Å². The highest BCUT2D eigenvalue weighted by Gasteiger charge is 2.20. The van der Waals surface area contributed by atoms with E-state index in [2.05, 4.69) is 5.32 Å². The van der Waals surface area contributed by atoms with E-state index in [1.54, 1.807) is 29.2 Å². The van der Waals surface area contributed by atoms with Crippen LogP contribution >= 0.6 is 0 Å². The fourth-order valence-corrected chi connectivity index (χ4v) is 3.15. The first-order valence-electron chi connectivity index (χ1n) is 9.81. The van der Waals surface area contributed by atoms with Crippen molar-refractivity contribution in [1.29, 1.82) is 0 Å². The van der Waals surface area contributed by atoms with Crippen molar-refractivity contribution in [3.63, 3.8) is 0 Å². The Morgan fingerprint density at radius 1 is 1.00 bits per heavy atom. The normalized spacial score (nSPS) is 11.6. The number of hydrogen-bond acceptors (Lipinski definition) is 3. The number of carbonyl (C=O) groups is 3. The van der Waals surface area contributed by atoms with Gasteiger partial charge in [-0.2, -0.15) is 0 Å². The maximum absolute atomic E-state index is 12.4. The third-order valence-corrected chi connectivity index (χ3v) is 4.87. The van der Waals surface area contributed by atoms with Crippen LogP contribution < -0.4 is 5.32 Å². The van der Waals surface area contributed by atoms with Gasteiger partial charge in [-0.1, -0.05) is 29.8 Å². The standard InChI is InChI=1S/C23H28N2O4/c1-4-25(5-2)22(27)19-11-9-18(10-12-19)21(26)24-15-20(23(28)29)14-17-8-6-7-16(3)13-17/h6-13,20H,4-5,14-15H2,1-3H3,(H,24,26)(H,28,29). The summed E-state index contributed by atoms with van der Waals surface area (Å²) in [6.45, 7) is 7.06. The predicted octanol–water partition coefficient (Wildman–Crippen LogP) is 3.15. The van der Waals surface area contributed by atoms with E-state index in [4.69, 9.17) is 0 Å². The van der Waals surface area contributed by atoms with Crippen molar-refractivity contribution in [2.45, 2.75) is 27.2 Å². The molecule has 1 atom stereocenters. The maximum atomic E-state index is 12.4. The molecule has 0 bridgehead atoms. The van der Waals surface area contributed by atoms with Crippen molar-refractivity contribution >= 4 is 17.8 Å². The first kappa shape index (κ1) is 22.1. The fourth-order valence-electron chi connectivity index (χ4n) is 3.15. The second kappa shape index (κ2) is 10.4. The zero-order valence-corrected chi connectivity index (χ0v) is 17.1. The van der Waals surface area contributed by atoms with E-state index in [0.29, 0.717) is 30.6 Å². The summed E-state index contributed by atoms with van der Waals surface area (Å²) in [5.41, 5.74) is 2.90. The van der Waals surface area contributed by atoms with Gasteiger partial charge in [0.2, 0.25) is 0 Å². The lowest BCUT2D eigenvalue weighted by Gasteiger charge is -2.18. The predicted molar refractivity (Wildman–Crippen MR) is 112 cm³/mol. The molecule has 2 rings (SSSR count). The summed E-state index contributed by atoms with van der Waals surface area (Å²) in [6, 6.07) is 14.1. The molecule has 29 heavy (non-hydrogen) atoms. The Balaban J connectivity index is 1.99. The Morgan fingerprint density at radius 3 is 2.17 bits per heavy atom. The SMILES string of the molecule is CCN(CC)C(=O)c1ccc(C(=O)NCC(Cc2cccc(C)c2)C(=O)O)cc1. The Hall–Kier alpha value is -3.15. The molecule has 6 nitrogen and oxygen atoms in total. The summed E-state index contributed by atoms with van der Waals surface area (Å²) in [5, 5.41) is 12.2. The van der Waals surface area contributed by atoms with E-state index in [0.717, 1.165) is 11.1 Å². The summed E-state index contributed by atoms with van der Waals surface area (Å²) >= 11 is 0. The van der Waals surface area contributed by atoms with Crippen molar-refractivity contribution in [1.82, 2.24) is 10.2 Å². The number of rotatable bonds is 9. The Labute approximate surface area is 171 Å². The maximum Gasteiger partial charge on any atom is 0.308 e. The lowest BCUT2D eigenvalue weighted by molar-refractivity contribution is -0.141. The zero-order chi connectivity index (χ0) is 21.4. The number of carboxylic acid groups (broad SMARTS) is 1. The van der Waals surface area contributed by atoms with Gasteiger partial charge in [-0.25, -0.2) is 0 Å². The monoisotopic (exact) mass is 396 g/mol. The second-order valence-corrected chi connectivity index (χ2v) is 6.99. The molecule has 0 fully saturated rings. The summed E-state index contributed by atoms with van der Waals surface area (Å²) in [6.07, 6.45) is 0.342. The molecule has 0 aromatic heterocycles. The van der Waals surface area contributed by atoms with Gasteiger partial charge in [0, 0.05) is 30.8 Å². The van der Waals surface area contributed by atoms with Gasteiger partial charge < -0.3 is 15.3 Å². The van der Waals surface area contributed by atoms with E-state index in [1.807, 2.05) is 45.0 Å². The molecule has 154 valence electrons. The van der Waals surface area contributed by atoms with Crippen molar-refractivity contribution < 1.29 is 19.5 Å². The lowest BCUT2D eigenvalue weighted by Crippen LogP contribution is -2.34. The number of carboxylic acids is 1. The molecule has 6 heteroatoms. The molecule has 2 aromatic rings. The highest BCUT2D eigenvalue weighted by molar-refractivity contribution is 5.97. The molecule has 0 saturated carbocycles. The third kappa shape index (κ3) is 6.17. The van der Waals surface area contributed by atoms with Crippen LogP contribution in [0.1, 0.15) is 45.7 Å². The molecule has 0 heterocycles. The van der Waals surface area contributed by atoms with Crippen molar-refractivity contribution in [2.24, 2.45) is 5.92 Å². The van der Waals surface area contributed by atoms with Gasteiger partial charge in [0.05, 0.1) is 5.92 Å². The van der Waals surface area contributed by atoms with Gasteiger partial charge in [-0.3, -0.25) is 14.4 Å². The summed E-state index contributed by atoms with van der Waals surface area (Å²) < 4.78 is 0. The largest absolute Gasteiger partial charge is 0.481 e. The van der Waals surface area contributed by atoms with Gasteiger partial charge in [0.15, 0.2) is 0 Å². The number of aliphatic carboxylic acids is 1. The molecule has 0 radical (unpaired) electrons. The minimum absolute atomic E-state index is 0.0300. The number of amides is 2. The van der Waals surface area contributed by atoms with Gasteiger partial charge in [-0.05, 0) is 57.0 Å². The van der Waals surface area contributed by atoms with Crippen molar-refractivity contribution in [3.8, 4) is 0 Å². The van der Waals surface area contributed by atoms with Crippen LogP contribution in [-0.2, 0) is 11.2 Å². The topological polar surface area (TPSA) is 86.7 Å². The lowest BCUT2D eigenvalue weighted by atomic mass is 9.98. The molecule has 0 aliphatic rings. The molecule has 2 aromatic carbocycles. The number of benzene rings is 2. The fraction of sp³-hybridized carbons (Fsp3) is 0.348. The van der Waals surface area contributed by atoms with Crippen LogP contribution in [0.2, 0.25) is 0 Å². The van der Waals surface area contributed by atoms with Crippen LogP contribution in [-0.4, -0.2) is 47.4 Å². The van der Waals surface area contributed by atoms with Crippen molar-refractivity contribution in [2.75, 3.05) is 19.6 Å². The Bertz CT molecular complexity index is 857. The van der Waals surface area contributed by atoms with E-state index in [-0.39, 0.29) is 18.4 Å². The van der Waals surface area contributed by atoms with Crippen LogP contribution in [0, 0.1) is 12.8 Å². The molecule has 0 aliphatic carbocycles. The Kier molecular flexibility index (Phi) is 7.95. The molecule has 0 spiro atoms. The van der Waals surface area contributed by atoms with Gasteiger partial charge >= 0.3 is 5.97 Å². The summed E-state index contributed by atoms with van der Waals surface area (Å²) in [7, 11) is 0. The number of nitrogens with zero attached hydrogens (tertiary/aromatic N) is 1. The van der Waals surface area contributed by atoms with E-state index < -0.39 is 11.9 Å². The minimum Gasteiger partial charge on any atom is -0.481 e. The van der Waals surface area contributed by atoms with Crippen LogP contribution in [0.3, 0.4) is 0 Å². The molecule has 1 unspecified atom stereocenters. The molecular weight excluding hydrogens is 368 g/mol. The molecule has 2 N–H and O–H groups in total. The highest BCUT2D eigenvalue weighted by Crippen LogP contribution is 2.12. The van der Waals surface area contributed by atoms with E-state index in [1.165, 1.54) is 0 Å². The highest BCUT2D eigenvalue weighted by atomic mass is 16.4. The molecule has 0 saturated heterocycles. The smallest absolute Gasteiger partial charge is 0.308 e. The van der Waals surface area contributed by atoms with Crippen LogP contribution in [0.15, 0.2) is 48.5 Å². The van der Waals surface area contributed by atoms with E-state index in [9.17, 15) is 19.5 Å². The quantitative estimate of drug-likeness (QED) is 0.682. The molecule has 2 amide bonds. The molecular formula is C23H28N2O4. The number of carbonyl (C=O) groups excluding carboxylic acids is 2. The zero-order valence-electron chi connectivity index (χ0n) is 17.1. The summed E-state index contributed by atoms with van der Waals surface area (Å²) in [4.78, 5) is 38.0. The number of aryl methyl sites for hydroxylation is 1. The second-order valence-electron chi connectivity index (χ2n) is 6.99. The van der Waals surface area contributed by atoms with Crippen LogP contribution in [0.4, 0.5) is 0 Å². The van der Waals surface area contributed by atoms with Gasteiger partial charge in [0.1, 0.15) is 0 Å². The van der Waals surface area contributed by atoms with E-state index >= 15 is 0 Å². The Morgan fingerprint density at radius 2 is 1.62 bits per heavy atom. The van der Waals surface area contributed by atoms with Gasteiger partial charge in [-0.15, -0.1) is 0 Å². The average molecular weight is 396 g/mol. The van der Waals surface area contributed by atoms with Crippen molar-refractivity contribution in [3.05, 3.63) is 70.8 Å². The first-order chi connectivity index (χ1) is 13.8.